The Labute approximate surface area is 158 Å². The lowest BCUT2D eigenvalue weighted by Gasteiger charge is -2.33. The molecule has 9 nitrogen and oxygen atoms in total. The van der Waals surface area contributed by atoms with Crippen LogP contribution in [0.5, 0.6) is 0 Å². The Hall–Kier alpha value is -2.30. The third kappa shape index (κ3) is 3.73. The molecule has 146 valence electrons. The number of hydrogen-bond acceptors (Lipinski definition) is 5. The second-order valence-electron chi connectivity index (χ2n) is 6.77. The summed E-state index contributed by atoms with van der Waals surface area (Å²) in [5.74, 6) is -1.38. The second-order valence-corrected chi connectivity index (χ2v) is 8.92. The molecule has 27 heavy (non-hydrogen) atoms. The molecule has 1 N–H and O–H groups in total. The van der Waals surface area contributed by atoms with E-state index in [0.29, 0.717) is 37.1 Å². The third-order valence-electron chi connectivity index (χ3n) is 4.79. The van der Waals surface area contributed by atoms with Gasteiger partial charge in [-0.3, -0.25) is 19.3 Å². The van der Waals surface area contributed by atoms with Crippen LogP contribution in [-0.4, -0.2) is 79.4 Å². The highest BCUT2D eigenvalue weighted by molar-refractivity contribution is 7.86. The SMILES string of the molecule is CN(C)S(=O)(=O)N1CCC(NC(=O)CN2C(=O)c3ccccc3C2=O)CC1. The van der Waals surface area contributed by atoms with Crippen LogP contribution in [0.25, 0.3) is 0 Å². The maximum atomic E-state index is 12.3. The first-order valence-electron chi connectivity index (χ1n) is 8.64. The van der Waals surface area contributed by atoms with Crippen molar-refractivity contribution in [2.24, 2.45) is 0 Å². The van der Waals surface area contributed by atoms with Crippen molar-refractivity contribution in [2.45, 2.75) is 18.9 Å². The van der Waals surface area contributed by atoms with Gasteiger partial charge in [0.25, 0.3) is 22.0 Å². The highest BCUT2D eigenvalue weighted by Crippen LogP contribution is 2.22. The van der Waals surface area contributed by atoms with Crippen molar-refractivity contribution in [1.29, 1.82) is 0 Å². The monoisotopic (exact) mass is 394 g/mol. The molecule has 1 saturated heterocycles. The number of benzene rings is 1. The number of carbonyl (C=O) groups is 3. The molecule has 0 bridgehead atoms. The fraction of sp³-hybridized carbons (Fsp3) is 0.471. The summed E-state index contributed by atoms with van der Waals surface area (Å²) in [6.07, 6.45) is 0.946. The standard InChI is InChI=1S/C17H22N4O5S/c1-19(2)27(25,26)20-9-7-12(8-10-20)18-15(22)11-21-16(23)13-5-3-4-6-14(13)17(21)24/h3-6,12H,7-11H2,1-2H3,(H,18,22). The van der Waals surface area contributed by atoms with Gasteiger partial charge in [0.05, 0.1) is 11.1 Å². The molecule has 0 aromatic heterocycles. The average Bonchev–Trinajstić information content (AvgIpc) is 2.87. The van der Waals surface area contributed by atoms with Gasteiger partial charge in [-0.1, -0.05) is 12.1 Å². The fourth-order valence-electron chi connectivity index (χ4n) is 3.26. The lowest BCUT2D eigenvalue weighted by molar-refractivity contribution is -0.122. The van der Waals surface area contributed by atoms with Crippen LogP contribution in [0.3, 0.4) is 0 Å². The van der Waals surface area contributed by atoms with E-state index in [2.05, 4.69) is 5.32 Å². The minimum atomic E-state index is -3.46. The normalized spacial score (nSPS) is 18.9. The number of nitrogens with one attached hydrogen (secondary N) is 1. The zero-order valence-corrected chi connectivity index (χ0v) is 16.0. The van der Waals surface area contributed by atoms with Gasteiger partial charge >= 0.3 is 0 Å². The summed E-state index contributed by atoms with van der Waals surface area (Å²) in [6, 6.07) is 6.27. The van der Waals surface area contributed by atoms with E-state index in [1.165, 1.54) is 18.4 Å². The van der Waals surface area contributed by atoms with E-state index in [1.54, 1.807) is 24.3 Å². The Bertz CT molecular complexity index is 840. The lowest BCUT2D eigenvalue weighted by atomic mass is 10.1. The van der Waals surface area contributed by atoms with Crippen LogP contribution in [0.4, 0.5) is 0 Å². The number of hydrogen-bond donors (Lipinski definition) is 1. The molecular weight excluding hydrogens is 372 g/mol. The molecule has 3 rings (SSSR count). The molecule has 1 fully saturated rings. The smallest absolute Gasteiger partial charge is 0.281 e. The molecule has 3 amide bonds. The number of fused-ring (bicyclic) bond motifs is 1. The first-order valence-corrected chi connectivity index (χ1v) is 10.0. The van der Waals surface area contributed by atoms with E-state index in [0.717, 1.165) is 9.21 Å². The average molecular weight is 394 g/mol. The first-order chi connectivity index (χ1) is 12.7. The summed E-state index contributed by atoms with van der Waals surface area (Å²) in [6.45, 7) is 0.263. The van der Waals surface area contributed by atoms with Gasteiger partial charge in [0.2, 0.25) is 5.91 Å². The van der Waals surface area contributed by atoms with Crippen molar-refractivity contribution in [1.82, 2.24) is 18.8 Å². The van der Waals surface area contributed by atoms with Gasteiger partial charge in [0.15, 0.2) is 0 Å². The number of amides is 3. The zero-order valence-electron chi connectivity index (χ0n) is 15.2. The highest BCUT2D eigenvalue weighted by Gasteiger charge is 2.37. The molecule has 2 aliphatic heterocycles. The van der Waals surface area contributed by atoms with Gasteiger partial charge < -0.3 is 5.32 Å². The summed E-state index contributed by atoms with van der Waals surface area (Å²) in [5.41, 5.74) is 0.606. The third-order valence-corrected chi connectivity index (χ3v) is 6.73. The zero-order chi connectivity index (χ0) is 19.8. The van der Waals surface area contributed by atoms with Crippen molar-refractivity contribution >= 4 is 27.9 Å². The van der Waals surface area contributed by atoms with E-state index in [-0.39, 0.29) is 12.6 Å². The van der Waals surface area contributed by atoms with E-state index < -0.39 is 27.9 Å². The van der Waals surface area contributed by atoms with Crippen LogP contribution in [0.1, 0.15) is 33.6 Å². The van der Waals surface area contributed by atoms with Crippen LogP contribution < -0.4 is 5.32 Å². The van der Waals surface area contributed by atoms with Crippen molar-refractivity contribution in [2.75, 3.05) is 33.7 Å². The molecule has 10 heteroatoms. The lowest BCUT2D eigenvalue weighted by Crippen LogP contribution is -2.51. The van der Waals surface area contributed by atoms with Crippen LogP contribution >= 0.6 is 0 Å². The number of imide groups is 1. The Morgan fingerprint density at radius 1 is 1.11 bits per heavy atom. The first kappa shape index (κ1) is 19.5. The Balaban J connectivity index is 1.54. The molecule has 2 heterocycles. The van der Waals surface area contributed by atoms with Crippen LogP contribution in [0.15, 0.2) is 24.3 Å². The predicted octanol–water partition coefficient (Wildman–Crippen LogP) is -0.330. The molecule has 2 aliphatic rings. The summed E-state index contributed by atoms with van der Waals surface area (Å²) in [7, 11) is -0.504. The molecule has 0 saturated carbocycles. The number of carbonyl (C=O) groups excluding carboxylic acids is 3. The van der Waals surface area contributed by atoms with E-state index >= 15 is 0 Å². The molecule has 0 unspecified atom stereocenters. The van der Waals surface area contributed by atoms with Gasteiger partial charge in [0, 0.05) is 33.2 Å². The minimum Gasteiger partial charge on any atom is -0.352 e. The molecular formula is C17H22N4O5S. The number of nitrogens with zero attached hydrogens (tertiary/aromatic N) is 3. The quantitative estimate of drug-likeness (QED) is 0.688. The highest BCUT2D eigenvalue weighted by atomic mass is 32.2. The van der Waals surface area contributed by atoms with Crippen molar-refractivity contribution in [3.8, 4) is 0 Å². The summed E-state index contributed by atoms with van der Waals surface area (Å²) < 4.78 is 26.8. The molecule has 0 spiro atoms. The number of piperidine rings is 1. The van der Waals surface area contributed by atoms with E-state index in [1.807, 2.05) is 0 Å². The van der Waals surface area contributed by atoms with Crippen LogP contribution in [0, 0.1) is 0 Å². The van der Waals surface area contributed by atoms with Gasteiger partial charge in [-0.25, -0.2) is 0 Å². The van der Waals surface area contributed by atoms with Crippen LogP contribution in [0.2, 0.25) is 0 Å². The summed E-state index contributed by atoms with van der Waals surface area (Å²) in [4.78, 5) is 37.8. The maximum absolute atomic E-state index is 12.3. The van der Waals surface area contributed by atoms with Crippen molar-refractivity contribution in [3.63, 3.8) is 0 Å². The van der Waals surface area contributed by atoms with E-state index in [9.17, 15) is 22.8 Å². The van der Waals surface area contributed by atoms with Crippen molar-refractivity contribution in [3.05, 3.63) is 35.4 Å². The molecule has 0 atom stereocenters. The molecule has 0 radical (unpaired) electrons. The Morgan fingerprint density at radius 3 is 2.11 bits per heavy atom. The van der Waals surface area contributed by atoms with Crippen molar-refractivity contribution < 1.29 is 22.8 Å². The minimum absolute atomic E-state index is 0.193. The summed E-state index contributed by atoms with van der Waals surface area (Å²) in [5, 5.41) is 2.79. The molecule has 1 aromatic carbocycles. The van der Waals surface area contributed by atoms with Gasteiger partial charge in [-0.05, 0) is 25.0 Å². The second kappa shape index (κ2) is 7.37. The summed E-state index contributed by atoms with van der Waals surface area (Å²) >= 11 is 0. The number of rotatable bonds is 5. The van der Waals surface area contributed by atoms with Crippen LogP contribution in [-0.2, 0) is 15.0 Å². The Kier molecular flexibility index (Phi) is 5.31. The van der Waals surface area contributed by atoms with E-state index in [4.69, 9.17) is 0 Å². The topological polar surface area (TPSA) is 107 Å². The Morgan fingerprint density at radius 2 is 1.63 bits per heavy atom. The maximum Gasteiger partial charge on any atom is 0.281 e. The molecule has 1 aromatic rings. The molecule has 0 aliphatic carbocycles. The fourth-order valence-corrected chi connectivity index (χ4v) is 4.40. The van der Waals surface area contributed by atoms with Gasteiger partial charge in [0.1, 0.15) is 6.54 Å². The van der Waals surface area contributed by atoms with Gasteiger partial charge in [-0.15, -0.1) is 0 Å². The predicted molar refractivity (Wildman–Crippen MR) is 97.2 cm³/mol. The van der Waals surface area contributed by atoms with Gasteiger partial charge in [-0.2, -0.15) is 17.0 Å². The largest absolute Gasteiger partial charge is 0.352 e.